The van der Waals surface area contributed by atoms with E-state index in [1.807, 2.05) is 36.5 Å². The van der Waals surface area contributed by atoms with Gasteiger partial charge >= 0.3 is 0 Å². The molecular formula is C18H24N4O. The number of fused-ring (bicyclic) bond motifs is 3. The number of benzene rings is 1. The van der Waals surface area contributed by atoms with Crippen molar-refractivity contribution in [2.24, 2.45) is 0 Å². The highest BCUT2D eigenvalue weighted by Crippen LogP contribution is 2.29. The van der Waals surface area contributed by atoms with Crippen molar-refractivity contribution in [3.05, 3.63) is 30.6 Å². The molecule has 0 aliphatic carbocycles. The van der Waals surface area contributed by atoms with Crippen LogP contribution >= 0.6 is 0 Å². The Hall–Kier alpha value is -1.88. The second kappa shape index (κ2) is 5.96. The summed E-state index contributed by atoms with van der Waals surface area (Å²) in [7, 11) is 1.98. The van der Waals surface area contributed by atoms with E-state index in [0.717, 1.165) is 23.9 Å². The Balaban J connectivity index is 1.38. The van der Waals surface area contributed by atoms with E-state index in [4.69, 9.17) is 0 Å². The predicted octanol–water partition coefficient (Wildman–Crippen LogP) is 2.17. The summed E-state index contributed by atoms with van der Waals surface area (Å²) < 4.78 is 2.08. The Morgan fingerprint density at radius 1 is 1.30 bits per heavy atom. The summed E-state index contributed by atoms with van der Waals surface area (Å²) in [5.74, 6) is 0.245. The fourth-order valence-corrected chi connectivity index (χ4v) is 4.13. The normalized spacial score (nSPS) is 26.6. The number of carbonyl (C=O) groups excluding carboxylic acids is 1. The standard InChI is InChI=1S/C18H24N4O/c1-21(15-10-13-6-7-14(11-15)20-13)18(23)8-9-22-12-19-16-4-2-3-5-17(16)22/h2-5,12-15,20H,6-11H2,1H3. The number of nitrogens with one attached hydrogen (secondary N) is 1. The molecule has 2 aromatic rings. The van der Waals surface area contributed by atoms with Gasteiger partial charge < -0.3 is 14.8 Å². The van der Waals surface area contributed by atoms with Crippen LogP contribution in [0, 0.1) is 0 Å². The summed E-state index contributed by atoms with van der Waals surface area (Å²) in [4.78, 5) is 19.0. The molecule has 2 aliphatic heterocycles. The molecule has 5 nitrogen and oxygen atoms in total. The topological polar surface area (TPSA) is 50.2 Å². The maximum atomic E-state index is 12.6. The second-order valence-electron chi connectivity index (χ2n) is 6.94. The highest BCUT2D eigenvalue weighted by molar-refractivity contribution is 5.77. The molecule has 5 heteroatoms. The van der Waals surface area contributed by atoms with Crippen LogP contribution in [0.3, 0.4) is 0 Å². The molecule has 4 rings (SSSR count). The van der Waals surface area contributed by atoms with Gasteiger partial charge in [-0.1, -0.05) is 12.1 Å². The van der Waals surface area contributed by atoms with E-state index in [1.165, 1.54) is 12.8 Å². The van der Waals surface area contributed by atoms with E-state index >= 15 is 0 Å². The number of aryl methyl sites for hydroxylation is 1. The highest BCUT2D eigenvalue weighted by Gasteiger charge is 2.36. The minimum absolute atomic E-state index is 0.245. The number of carbonyl (C=O) groups is 1. The summed E-state index contributed by atoms with van der Waals surface area (Å²) in [6.07, 6.45) is 7.12. The van der Waals surface area contributed by atoms with E-state index in [-0.39, 0.29) is 5.91 Å². The summed E-state index contributed by atoms with van der Waals surface area (Å²) in [5, 5.41) is 3.64. The summed E-state index contributed by atoms with van der Waals surface area (Å²) in [6, 6.07) is 9.70. The van der Waals surface area contributed by atoms with Crippen molar-refractivity contribution in [1.82, 2.24) is 19.8 Å². The predicted molar refractivity (Wildman–Crippen MR) is 90.1 cm³/mol. The van der Waals surface area contributed by atoms with Crippen LogP contribution in [0.5, 0.6) is 0 Å². The lowest BCUT2D eigenvalue weighted by Gasteiger charge is -2.35. The van der Waals surface area contributed by atoms with Crippen molar-refractivity contribution in [2.75, 3.05) is 7.05 Å². The lowest BCUT2D eigenvalue weighted by atomic mass is 9.98. The first-order valence-electron chi connectivity index (χ1n) is 8.62. The Kier molecular flexibility index (Phi) is 3.81. The molecule has 2 saturated heterocycles. The lowest BCUT2D eigenvalue weighted by molar-refractivity contribution is -0.132. The molecule has 0 radical (unpaired) electrons. The molecule has 2 aliphatic rings. The van der Waals surface area contributed by atoms with Crippen molar-refractivity contribution in [2.45, 2.75) is 56.8 Å². The number of aromatic nitrogens is 2. The van der Waals surface area contributed by atoms with E-state index in [2.05, 4.69) is 20.9 Å². The third-order valence-corrected chi connectivity index (χ3v) is 5.48. The fourth-order valence-electron chi connectivity index (χ4n) is 4.13. The fraction of sp³-hybridized carbons (Fsp3) is 0.556. The van der Waals surface area contributed by atoms with Gasteiger partial charge in [-0.3, -0.25) is 4.79 Å². The Morgan fingerprint density at radius 3 is 2.83 bits per heavy atom. The minimum Gasteiger partial charge on any atom is -0.343 e. The van der Waals surface area contributed by atoms with Gasteiger partial charge in [-0.2, -0.15) is 0 Å². The van der Waals surface area contributed by atoms with Crippen LogP contribution in [-0.4, -0.2) is 45.5 Å². The van der Waals surface area contributed by atoms with E-state index in [1.54, 1.807) is 0 Å². The zero-order valence-corrected chi connectivity index (χ0v) is 13.6. The minimum atomic E-state index is 0.245. The molecule has 1 aromatic heterocycles. The summed E-state index contributed by atoms with van der Waals surface area (Å²) >= 11 is 0. The maximum Gasteiger partial charge on any atom is 0.224 e. The van der Waals surface area contributed by atoms with Gasteiger partial charge in [0.25, 0.3) is 0 Å². The van der Waals surface area contributed by atoms with Crippen LogP contribution in [0.15, 0.2) is 30.6 Å². The molecule has 0 spiro atoms. The van der Waals surface area contributed by atoms with Crippen LogP contribution in [-0.2, 0) is 11.3 Å². The number of imidazole rings is 1. The van der Waals surface area contributed by atoms with Gasteiger partial charge in [0, 0.05) is 38.1 Å². The Labute approximate surface area is 136 Å². The molecule has 2 bridgehead atoms. The van der Waals surface area contributed by atoms with E-state index < -0.39 is 0 Å². The van der Waals surface area contributed by atoms with Gasteiger partial charge in [-0.25, -0.2) is 4.98 Å². The molecule has 23 heavy (non-hydrogen) atoms. The zero-order valence-electron chi connectivity index (χ0n) is 13.6. The smallest absolute Gasteiger partial charge is 0.224 e. The molecule has 3 heterocycles. The SMILES string of the molecule is CN(C(=O)CCn1cnc2ccccc21)C1CC2CCC(C1)N2. The first-order valence-corrected chi connectivity index (χ1v) is 8.62. The van der Waals surface area contributed by atoms with Gasteiger partial charge in [-0.05, 0) is 37.8 Å². The number of nitrogens with zero attached hydrogens (tertiary/aromatic N) is 3. The highest BCUT2D eigenvalue weighted by atomic mass is 16.2. The number of hydrogen-bond donors (Lipinski definition) is 1. The second-order valence-corrected chi connectivity index (χ2v) is 6.94. The average molecular weight is 312 g/mol. The van der Waals surface area contributed by atoms with E-state index in [9.17, 15) is 4.79 Å². The van der Waals surface area contributed by atoms with Crippen LogP contribution < -0.4 is 5.32 Å². The molecule has 2 fully saturated rings. The molecule has 1 N–H and O–H groups in total. The third kappa shape index (κ3) is 2.85. The molecule has 1 aromatic carbocycles. The van der Waals surface area contributed by atoms with Gasteiger partial charge in [0.15, 0.2) is 0 Å². The number of para-hydroxylation sites is 2. The van der Waals surface area contributed by atoms with Crippen LogP contribution in [0.25, 0.3) is 11.0 Å². The zero-order chi connectivity index (χ0) is 15.8. The van der Waals surface area contributed by atoms with Gasteiger partial charge in [0.1, 0.15) is 0 Å². The number of hydrogen-bond acceptors (Lipinski definition) is 3. The third-order valence-electron chi connectivity index (χ3n) is 5.48. The number of piperidine rings is 1. The van der Waals surface area contributed by atoms with Crippen LogP contribution in [0.2, 0.25) is 0 Å². The Morgan fingerprint density at radius 2 is 2.04 bits per heavy atom. The van der Waals surface area contributed by atoms with Gasteiger partial charge in [0.2, 0.25) is 5.91 Å². The average Bonchev–Trinajstić information content (AvgIpc) is 3.14. The monoisotopic (exact) mass is 312 g/mol. The van der Waals surface area contributed by atoms with Crippen molar-refractivity contribution >= 4 is 16.9 Å². The van der Waals surface area contributed by atoms with E-state index in [0.29, 0.717) is 31.1 Å². The summed E-state index contributed by atoms with van der Waals surface area (Å²) in [5.41, 5.74) is 2.09. The molecule has 2 atom stereocenters. The maximum absolute atomic E-state index is 12.6. The van der Waals surface area contributed by atoms with Crippen molar-refractivity contribution in [1.29, 1.82) is 0 Å². The number of rotatable bonds is 4. The summed E-state index contributed by atoms with van der Waals surface area (Å²) in [6.45, 7) is 0.696. The first kappa shape index (κ1) is 14.7. The van der Waals surface area contributed by atoms with Gasteiger partial charge in [0.05, 0.1) is 17.4 Å². The molecule has 122 valence electrons. The van der Waals surface area contributed by atoms with Crippen molar-refractivity contribution in [3.63, 3.8) is 0 Å². The van der Waals surface area contributed by atoms with Crippen molar-refractivity contribution in [3.8, 4) is 0 Å². The largest absolute Gasteiger partial charge is 0.343 e. The quantitative estimate of drug-likeness (QED) is 0.941. The van der Waals surface area contributed by atoms with Crippen LogP contribution in [0.4, 0.5) is 0 Å². The Bertz CT molecular complexity index is 698. The lowest BCUT2D eigenvalue weighted by Crippen LogP contribution is -2.48. The van der Waals surface area contributed by atoms with Crippen molar-refractivity contribution < 1.29 is 4.79 Å². The van der Waals surface area contributed by atoms with Crippen LogP contribution in [0.1, 0.15) is 32.1 Å². The van der Waals surface area contributed by atoms with Gasteiger partial charge in [-0.15, -0.1) is 0 Å². The molecule has 1 amide bonds. The molecular weight excluding hydrogens is 288 g/mol. The molecule has 0 saturated carbocycles. The number of amides is 1. The first-order chi connectivity index (χ1) is 11.2. The molecule has 2 unspecified atom stereocenters.